The molecular weight excluding hydrogens is 276 g/mol. The van der Waals surface area contributed by atoms with Gasteiger partial charge in [0, 0.05) is 18.5 Å². The third kappa shape index (κ3) is 2.10. The van der Waals surface area contributed by atoms with Crippen molar-refractivity contribution in [2.24, 2.45) is 11.8 Å². The van der Waals surface area contributed by atoms with Gasteiger partial charge in [0.2, 0.25) is 0 Å². The SMILES string of the molecule is CC(C)(C)OC(=O)N1C[C@@H]2C[C@]13CCC[C@@H](N1CCCC1)[C@@H]23. The molecule has 0 unspecified atom stereocenters. The molecule has 1 amide bonds. The van der Waals surface area contributed by atoms with E-state index < -0.39 is 0 Å². The molecule has 3 heterocycles. The van der Waals surface area contributed by atoms with Crippen LogP contribution >= 0.6 is 0 Å². The van der Waals surface area contributed by atoms with Crippen molar-refractivity contribution in [3.8, 4) is 0 Å². The van der Waals surface area contributed by atoms with Gasteiger partial charge in [-0.1, -0.05) is 0 Å². The van der Waals surface area contributed by atoms with Crippen LogP contribution in [0.15, 0.2) is 0 Å². The normalized spacial score (nSPS) is 41.2. The van der Waals surface area contributed by atoms with Crippen LogP contribution in [0.3, 0.4) is 0 Å². The molecule has 124 valence electrons. The Kier molecular flexibility index (Phi) is 3.27. The van der Waals surface area contributed by atoms with Crippen molar-refractivity contribution in [1.82, 2.24) is 9.80 Å². The molecule has 5 aliphatic rings. The topological polar surface area (TPSA) is 32.8 Å². The summed E-state index contributed by atoms with van der Waals surface area (Å²) in [5.74, 6) is 1.44. The standard InChI is InChI=1S/C18H30N2O2/c1-17(2,3)22-16(21)20-12-13-11-18(20)8-6-7-14(15(13)18)19-9-4-5-10-19/h13-15H,4-12H2,1-3H3/t13-,14+,15+,18-/m0/s1. The second kappa shape index (κ2) is 4.86. The van der Waals surface area contributed by atoms with Crippen molar-refractivity contribution >= 4 is 6.09 Å². The third-order valence-electron chi connectivity index (χ3n) is 6.45. The monoisotopic (exact) mass is 306 g/mol. The first-order valence-electron chi connectivity index (χ1n) is 9.15. The van der Waals surface area contributed by atoms with Crippen molar-refractivity contribution in [3.63, 3.8) is 0 Å². The molecule has 4 heteroatoms. The maximum atomic E-state index is 12.7. The summed E-state index contributed by atoms with van der Waals surface area (Å²) in [5.41, 5.74) is -0.252. The van der Waals surface area contributed by atoms with Crippen LogP contribution in [0.5, 0.6) is 0 Å². The number of fused-ring (bicyclic) bond motifs is 1. The molecule has 3 saturated heterocycles. The lowest BCUT2D eigenvalue weighted by Gasteiger charge is -2.57. The van der Waals surface area contributed by atoms with E-state index in [2.05, 4.69) is 9.80 Å². The lowest BCUT2D eigenvalue weighted by Crippen LogP contribution is -2.64. The van der Waals surface area contributed by atoms with E-state index in [1.54, 1.807) is 0 Å². The summed E-state index contributed by atoms with van der Waals surface area (Å²) in [4.78, 5) is 17.5. The predicted molar refractivity (Wildman–Crippen MR) is 85.7 cm³/mol. The Morgan fingerprint density at radius 2 is 1.91 bits per heavy atom. The minimum atomic E-state index is -0.390. The van der Waals surface area contributed by atoms with Crippen LogP contribution in [0.4, 0.5) is 4.79 Å². The fraction of sp³-hybridized carbons (Fsp3) is 0.944. The second-order valence-corrected chi connectivity index (χ2v) is 8.89. The van der Waals surface area contributed by atoms with Crippen LogP contribution in [-0.4, -0.2) is 52.7 Å². The van der Waals surface area contributed by atoms with Crippen LogP contribution < -0.4 is 0 Å². The summed E-state index contributed by atoms with van der Waals surface area (Å²) in [6.45, 7) is 9.38. The van der Waals surface area contributed by atoms with E-state index in [-0.39, 0.29) is 17.2 Å². The van der Waals surface area contributed by atoms with Crippen LogP contribution in [0.2, 0.25) is 0 Å². The molecule has 5 rings (SSSR count). The fourth-order valence-electron chi connectivity index (χ4n) is 5.81. The van der Waals surface area contributed by atoms with Gasteiger partial charge >= 0.3 is 6.09 Å². The van der Waals surface area contributed by atoms with Gasteiger partial charge in [0.1, 0.15) is 5.60 Å². The van der Waals surface area contributed by atoms with E-state index in [1.807, 2.05) is 20.8 Å². The summed E-state index contributed by atoms with van der Waals surface area (Å²) >= 11 is 0. The molecule has 2 saturated carbocycles. The maximum Gasteiger partial charge on any atom is 0.410 e. The zero-order valence-corrected chi connectivity index (χ0v) is 14.3. The largest absolute Gasteiger partial charge is 0.444 e. The Hall–Kier alpha value is -0.770. The lowest BCUT2D eigenvalue weighted by atomic mass is 9.54. The highest BCUT2D eigenvalue weighted by molar-refractivity contribution is 5.71. The first-order chi connectivity index (χ1) is 10.4. The van der Waals surface area contributed by atoms with E-state index in [1.165, 1.54) is 51.6 Å². The van der Waals surface area contributed by atoms with E-state index in [9.17, 15) is 4.79 Å². The molecule has 3 aliphatic heterocycles. The van der Waals surface area contributed by atoms with Crippen molar-refractivity contribution < 1.29 is 9.53 Å². The Bertz CT molecular complexity index is 466. The smallest absolute Gasteiger partial charge is 0.410 e. The van der Waals surface area contributed by atoms with E-state index in [0.29, 0.717) is 5.92 Å². The van der Waals surface area contributed by atoms with Crippen LogP contribution in [-0.2, 0) is 4.74 Å². The average Bonchev–Trinajstić information content (AvgIpc) is 3.09. The second-order valence-electron chi connectivity index (χ2n) is 8.89. The van der Waals surface area contributed by atoms with Gasteiger partial charge in [0.25, 0.3) is 0 Å². The Morgan fingerprint density at radius 1 is 1.18 bits per heavy atom. The Labute approximate surface area is 134 Å². The first kappa shape index (κ1) is 14.8. The number of hydrogen-bond acceptors (Lipinski definition) is 3. The molecule has 2 bridgehead atoms. The number of carbonyl (C=O) groups excluding carboxylic acids is 1. The number of ether oxygens (including phenoxy) is 1. The van der Waals surface area contributed by atoms with Crippen molar-refractivity contribution in [2.75, 3.05) is 19.6 Å². The van der Waals surface area contributed by atoms with Gasteiger partial charge in [-0.3, -0.25) is 0 Å². The lowest BCUT2D eigenvalue weighted by molar-refractivity contribution is -0.0663. The molecule has 5 fully saturated rings. The maximum absolute atomic E-state index is 12.7. The van der Waals surface area contributed by atoms with E-state index in [0.717, 1.165) is 18.5 Å². The minimum Gasteiger partial charge on any atom is -0.444 e. The molecule has 4 nitrogen and oxygen atoms in total. The molecular formula is C18H30N2O2. The van der Waals surface area contributed by atoms with Crippen molar-refractivity contribution in [1.29, 1.82) is 0 Å². The summed E-state index contributed by atoms with van der Waals surface area (Å²) in [6.07, 6.45) is 7.67. The molecule has 0 aromatic carbocycles. The number of nitrogens with zero attached hydrogens (tertiary/aromatic N) is 2. The molecule has 0 aromatic rings. The summed E-state index contributed by atoms with van der Waals surface area (Å²) in [5, 5.41) is 0. The first-order valence-corrected chi connectivity index (χ1v) is 9.15. The zero-order valence-electron chi connectivity index (χ0n) is 14.3. The van der Waals surface area contributed by atoms with E-state index >= 15 is 0 Å². The summed E-state index contributed by atoms with van der Waals surface area (Å²) < 4.78 is 5.70. The molecule has 0 radical (unpaired) electrons. The molecule has 0 aromatic heterocycles. The number of amides is 1. The highest BCUT2D eigenvalue weighted by Gasteiger charge is 2.69. The molecule has 0 N–H and O–H groups in total. The third-order valence-corrected chi connectivity index (χ3v) is 6.45. The van der Waals surface area contributed by atoms with Gasteiger partial charge in [-0.25, -0.2) is 4.79 Å². The van der Waals surface area contributed by atoms with Crippen molar-refractivity contribution in [2.45, 2.75) is 76.5 Å². The predicted octanol–water partition coefficient (Wildman–Crippen LogP) is 3.26. The minimum absolute atomic E-state index is 0.0698. The highest BCUT2D eigenvalue weighted by Crippen LogP contribution is 2.62. The number of carbonyl (C=O) groups is 1. The number of likely N-dealkylation sites (tertiary alicyclic amines) is 1. The quantitative estimate of drug-likeness (QED) is 0.745. The van der Waals surface area contributed by atoms with Gasteiger partial charge in [-0.15, -0.1) is 0 Å². The highest BCUT2D eigenvalue weighted by atomic mass is 16.6. The van der Waals surface area contributed by atoms with Crippen LogP contribution in [0.1, 0.15) is 59.3 Å². The fourth-order valence-corrected chi connectivity index (χ4v) is 5.81. The molecule has 22 heavy (non-hydrogen) atoms. The van der Waals surface area contributed by atoms with Gasteiger partial charge < -0.3 is 14.5 Å². The van der Waals surface area contributed by atoms with Crippen LogP contribution in [0.25, 0.3) is 0 Å². The summed E-state index contributed by atoms with van der Waals surface area (Å²) in [7, 11) is 0. The molecule has 1 spiro atoms. The van der Waals surface area contributed by atoms with E-state index in [4.69, 9.17) is 4.74 Å². The zero-order chi connectivity index (χ0) is 15.5. The Balaban J connectivity index is 1.53. The van der Waals surface area contributed by atoms with Crippen LogP contribution in [0, 0.1) is 11.8 Å². The van der Waals surface area contributed by atoms with Gasteiger partial charge in [-0.2, -0.15) is 0 Å². The van der Waals surface area contributed by atoms with Crippen molar-refractivity contribution in [3.05, 3.63) is 0 Å². The molecule has 4 atom stereocenters. The van der Waals surface area contributed by atoms with Gasteiger partial charge in [0.05, 0.1) is 5.54 Å². The van der Waals surface area contributed by atoms with Gasteiger partial charge in [-0.05, 0) is 78.3 Å². The number of hydrogen-bond donors (Lipinski definition) is 0. The summed E-state index contributed by atoms with van der Waals surface area (Å²) in [6, 6.07) is 0.724. The average molecular weight is 306 g/mol. The molecule has 2 aliphatic carbocycles. The van der Waals surface area contributed by atoms with Gasteiger partial charge in [0.15, 0.2) is 0 Å². The Morgan fingerprint density at radius 3 is 2.59 bits per heavy atom. The number of rotatable bonds is 1.